The second-order valence-electron chi connectivity index (χ2n) is 6.02. The van der Waals surface area contributed by atoms with Crippen molar-refractivity contribution in [3.63, 3.8) is 0 Å². The van der Waals surface area contributed by atoms with E-state index in [0.717, 1.165) is 9.87 Å². The molecule has 0 fully saturated rings. The lowest BCUT2D eigenvalue weighted by atomic mass is 10.1. The highest BCUT2D eigenvalue weighted by atomic mass is 32.2. The number of carbonyl (C=O) groups excluding carboxylic acids is 1. The predicted octanol–water partition coefficient (Wildman–Crippen LogP) is 1.82. The van der Waals surface area contributed by atoms with Gasteiger partial charge < -0.3 is 9.47 Å². The van der Waals surface area contributed by atoms with Crippen LogP contribution in [0.4, 0.5) is 0 Å². The van der Waals surface area contributed by atoms with Gasteiger partial charge in [0.25, 0.3) is 5.91 Å². The first-order valence-electron chi connectivity index (χ1n) is 8.06. The molecule has 27 heavy (non-hydrogen) atoms. The molecule has 142 valence electrons. The summed E-state index contributed by atoms with van der Waals surface area (Å²) >= 11 is 0. The highest BCUT2D eigenvalue weighted by Gasteiger charge is 2.19. The van der Waals surface area contributed by atoms with Gasteiger partial charge in [0.1, 0.15) is 0 Å². The van der Waals surface area contributed by atoms with Gasteiger partial charge in [-0.3, -0.25) is 4.79 Å². The fraction of sp³-hybridized carbons (Fsp3) is 0.222. The Morgan fingerprint density at radius 3 is 2.56 bits per heavy atom. The Kier molecular flexibility index (Phi) is 5.15. The first kappa shape index (κ1) is 18.9. The number of hydrogen-bond acceptors (Lipinski definition) is 6. The van der Waals surface area contributed by atoms with E-state index in [2.05, 4.69) is 10.5 Å². The quantitative estimate of drug-likeness (QED) is 0.621. The van der Waals surface area contributed by atoms with E-state index in [9.17, 15) is 13.2 Å². The van der Waals surface area contributed by atoms with Crippen molar-refractivity contribution in [3.05, 3.63) is 53.6 Å². The predicted molar refractivity (Wildman–Crippen MR) is 99.6 cm³/mol. The summed E-state index contributed by atoms with van der Waals surface area (Å²) in [6.45, 7) is 1.92. The number of carbonyl (C=O) groups is 1. The van der Waals surface area contributed by atoms with Crippen molar-refractivity contribution in [2.75, 3.05) is 20.9 Å². The van der Waals surface area contributed by atoms with Crippen molar-refractivity contribution in [2.24, 2.45) is 5.10 Å². The number of hydrogen-bond donors (Lipinski definition) is 1. The third-order valence-electron chi connectivity index (χ3n) is 3.99. The van der Waals surface area contributed by atoms with Gasteiger partial charge in [-0.15, -0.1) is 0 Å². The van der Waals surface area contributed by atoms with Crippen LogP contribution in [-0.4, -0.2) is 45.2 Å². The topological polar surface area (TPSA) is 97.3 Å². The van der Waals surface area contributed by atoms with Crippen molar-refractivity contribution in [2.45, 2.75) is 11.8 Å². The number of nitrogens with zero attached hydrogens (tertiary/aromatic N) is 2. The summed E-state index contributed by atoms with van der Waals surface area (Å²) in [5, 5.41) is 4.08. The molecule has 0 bridgehead atoms. The lowest BCUT2D eigenvalue weighted by Crippen LogP contribution is -2.23. The Bertz CT molecular complexity index is 1020. The Morgan fingerprint density at radius 2 is 1.81 bits per heavy atom. The zero-order chi connectivity index (χ0) is 19.6. The van der Waals surface area contributed by atoms with Crippen molar-refractivity contribution >= 4 is 21.6 Å². The second-order valence-corrected chi connectivity index (χ2v) is 8.17. The molecule has 0 unspecified atom stereocenters. The van der Waals surface area contributed by atoms with Crippen LogP contribution in [0.2, 0.25) is 0 Å². The van der Waals surface area contributed by atoms with Crippen LogP contribution < -0.4 is 14.9 Å². The molecule has 0 aromatic heterocycles. The maximum Gasteiger partial charge on any atom is 0.271 e. The maximum atomic E-state index is 12.3. The van der Waals surface area contributed by atoms with Gasteiger partial charge in [-0.2, -0.15) is 5.10 Å². The molecule has 2 aromatic rings. The van der Waals surface area contributed by atoms with Crippen molar-refractivity contribution in [1.29, 1.82) is 0 Å². The van der Waals surface area contributed by atoms with Crippen LogP contribution in [0, 0.1) is 0 Å². The summed E-state index contributed by atoms with van der Waals surface area (Å²) in [4.78, 5) is 12.4. The van der Waals surface area contributed by atoms with Crippen LogP contribution in [0.1, 0.15) is 22.8 Å². The Hall–Kier alpha value is -2.91. The average molecular weight is 389 g/mol. The van der Waals surface area contributed by atoms with Gasteiger partial charge in [0.05, 0.1) is 10.6 Å². The number of nitrogens with one attached hydrogen (secondary N) is 1. The molecule has 1 aliphatic heterocycles. The van der Waals surface area contributed by atoms with Crippen LogP contribution in [-0.2, 0) is 10.0 Å². The van der Waals surface area contributed by atoms with Crippen LogP contribution in [0.15, 0.2) is 52.5 Å². The van der Waals surface area contributed by atoms with Crippen LogP contribution in [0.25, 0.3) is 0 Å². The van der Waals surface area contributed by atoms with E-state index in [1.54, 1.807) is 19.1 Å². The zero-order valence-electron chi connectivity index (χ0n) is 15.1. The van der Waals surface area contributed by atoms with E-state index >= 15 is 0 Å². The maximum absolute atomic E-state index is 12.3. The van der Waals surface area contributed by atoms with Crippen molar-refractivity contribution < 1.29 is 22.7 Å². The molecule has 2 aromatic carbocycles. The zero-order valence-corrected chi connectivity index (χ0v) is 15.9. The summed E-state index contributed by atoms with van der Waals surface area (Å²) in [7, 11) is -0.758. The molecule has 3 rings (SSSR count). The van der Waals surface area contributed by atoms with Gasteiger partial charge in [-0.05, 0) is 43.3 Å². The van der Waals surface area contributed by atoms with Crippen LogP contribution in [0.5, 0.6) is 11.5 Å². The fourth-order valence-electron chi connectivity index (χ4n) is 2.39. The van der Waals surface area contributed by atoms with Gasteiger partial charge in [0.15, 0.2) is 11.5 Å². The number of fused-ring (bicyclic) bond motifs is 1. The minimum Gasteiger partial charge on any atom is -0.454 e. The third kappa shape index (κ3) is 3.93. The van der Waals surface area contributed by atoms with Crippen LogP contribution in [0.3, 0.4) is 0 Å². The molecular weight excluding hydrogens is 370 g/mol. The molecule has 0 radical (unpaired) electrons. The van der Waals surface area contributed by atoms with Gasteiger partial charge >= 0.3 is 0 Å². The molecule has 1 aliphatic rings. The van der Waals surface area contributed by atoms with E-state index in [-0.39, 0.29) is 17.3 Å². The van der Waals surface area contributed by atoms with E-state index in [1.807, 2.05) is 6.07 Å². The van der Waals surface area contributed by atoms with Gasteiger partial charge in [0.2, 0.25) is 16.8 Å². The van der Waals surface area contributed by atoms with Crippen molar-refractivity contribution in [1.82, 2.24) is 9.73 Å². The number of hydrazone groups is 1. The molecule has 1 N–H and O–H groups in total. The summed E-state index contributed by atoms with van der Waals surface area (Å²) in [6.07, 6.45) is 0. The lowest BCUT2D eigenvalue weighted by molar-refractivity contribution is 0.0954. The molecule has 8 nitrogen and oxygen atoms in total. The standard InChI is InChI=1S/C18H19N3O5S/c1-12(13-7-8-16-17(10-13)26-11-25-16)19-20-18(22)14-5-4-6-15(9-14)27(23,24)21(2)3/h4-10H,11H2,1-3H3,(H,20,22)/b19-12-. The molecule has 0 atom stereocenters. The van der Waals surface area contributed by atoms with Gasteiger partial charge in [0, 0.05) is 25.2 Å². The largest absolute Gasteiger partial charge is 0.454 e. The minimum absolute atomic E-state index is 0.0385. The smallest absolute Gasteiger partial charge is 0.271 e. The normalized spacial score (nSPS) is 13.7. The number of benzene rings is 2. The SMILES string of the molecule is C/C(=N/NC(=O)c1cccc(S(=O)(=O)N(C)C)c1)c1ccc2c(c1)OCO2. The summed E-state index contributed by atoms with van der Waals surface area (Å²) in [5.74, 6) is 0.773. The fourth-order valence-corrected chi connectivity index (χ4v) is 3.34. The summed E-state index contributed by atoms with van der Waals surface area (Å²) in [6, 6.07) is 11.1. The first-order valence-corrected chi connectivity index (χ1v) is 9.50. The van der Waals surface area contributed by atoms with E-state index in [0.29, 0.717) is 17.2 Å². The van der Waals surface area contributed by atoms with Gasteiger partial charge in [-0.1, -0.05) is 6.07 Å². The summed E-state index contributed by atoms with van der Waals surface area (Å²) in [5.41, 5.74) is 3.97. The molecule has 0 saturated heterocycles. The highest BCUT2D eigenvalue weighted by Crippen LogP contribution is 2.32. The molecular formula is C18H19N3O5S. The first-order chi connectivity index (χ1) is 12.8. The van der Waals surface area contributed by atoms with E-state index < -0.39 is 15.9 Å². The molecule has 1 heterocycles. The highest BCUT2D eigenvalue weighted by molar-refractivity contribution is 7.89. The number of rotatable bonds is 5. The number of sulfonamides is 1. The van der Waals surface area contributed by atoms with Crippen LogP contribution >= 0.6 is 0 Å². The number of amides is 1. The number of ether oxygens (including phenoxy) is 2. The average Bonchev–Trinajstić information content (AvgIpc) is 3.13. The van der Waals surface area contributed by atoms with Gasteiger partial charge in [-0.25, -0.2) is 18.1 Å². The Morgan fingerprint density at radius 1 is 1.07 bits per heavy atom. The molecule has 0 saturated carbocycles. The van der Waals surface area contributed by atoms with Crippen molar-refractivity contribution in [3.8, 4) is 11.5 Å². The van der Waals surface area contributed by atoms with E-state index in [1.165, 1.54) is 38.4 Å². The second kappa shape index (κ2) is 7.37. The molecule has 1 amide bonds. The molecule has 9 heteroatoms. The molecule has 0 aliphatic carbocycles. The molecule has 0 spiro atoms. The Labute approximate surface area is 157 Å². The lowest BCUT2D eigenvalue weighted by Gasteiger charge is -2.12. The Balaban J connectivity index is 1.77. The summed E-state index contributed by atoms with van der Waals surface area (Å²) < 4.78 is 36.1. The third-order valence-corrected chi connectivity index (χ3v) is 5.80. The minimum atomic E-state index is -3.62. The monoisotopic (exact) mass is 389 g/mol. The van der Waals surface area contributed by atoms with E-state index in [4.69, 9.17) is 9.47 Å².